The normalized spacial score (nSPS) is 21.3. The number of nitrogens with zero attached hydrogens (tertiary/aromatic N) is 3. The van der Waals surface area contributed by atoms with Gasteiger partial charge in [0.15, 0.2) is 0 Å². The highest BCUT2D eigenvalue weighted by Gasteiger charge is 2.30. The largest absolute Gasteiger partial charge is 0.369 e. The van der Waals surface area contributed by atoms with Gasteiger partial charge in [-0.05, 0) is 45.0 Å². The molecule has 1 aromatic heterocycles. The second-order valence-corrected chi connectivity index (χ2v) is 7.26. The second-order valence-electron chi connectivity index (χ2n) is 6.48. The van der Waals surface area contributed by atoms with Crippen LogP contribution >= 0.6 is 23.2 Å². The molecule has 0 spiro atoms. The molecule has 0 amide bonds. The van der Waals surface area contributed by atoms with Crippen molar-refractivity contribution in [1.82, 2.24) is 14.7 Å². The van der Waals surface area contributed by atoms with Crippen LogP contribution in [0.5, 0.6) is 0 Å². The van der Waals surface area contributed by atoms with Gasteiger partial charge in [-0.15, -0.1) is 0 Å². The van der Waals surface area contributed by atoms with Crippen LogP contribution < -0.4 is 5.32 Å². The lowest BCUT2D eigenvalue weighted by molar-refractivity contribution is 0.247. The average Bonchev–Trinajstić information content (AvgIpc) is 3.12. The standard InChI is InChI=1S/C17H20Cl2N4/c1-22-9-3-4-11(10-22)16-12-7-8-20-17(12)23(21-16)14-6-2-5-13(18)15(14)19/h2,5-6,11,20H,3-4,7-10H2,1H3. The summed E-state index contributed by atoms with van der Waals surface area (Å²) in [6, 6.07) is 5.69. The number of hydrogen-bond donors (Lipinski definition) is 1. The van der Waals surface area contributed by atoms with Crippen molar-refractivity contribution in [2.45, 2.75) is 25.2 Å². The Hall–Kier alpha value is -1.23. The van der Waals surface area contributed by atoms with Crippen LogP contribution in [0.25, 0.3) is 5.69 Å². The Morgan fingerprint density at radius 1 is 1.30 bits per heavy atom. The summed E-state index contributed by atoms with van der Waals surface area (Å²) < 4.78 is 1.94. The van der Waals surface area contributed by atoms with Crippen LogP contribution in [0.2, 0.25) is 10.0 Å². The van der Waals surface area contributed by atoms with Crippen molar-refractivity contribution < 1.29 is 0 Å². The van der Waals surface area contributed by atoms with Crippen LogP contribution in [-0.2, 0) is 6.42 Å². The second kappa shape index (κ2) is 6.00. The molecule has 0 saturated carbocycles. The van der Waals surface area contributed by atoms with Gasteiger partial charge in [-0.1, -0.05) is 29.3 Å². The molecule has 4 nitrogen and oxygen atoms in total. The van der Waals surface area contributed by atoms with E-state index in [2.05, 4.69) is 17.3 Å². The van der Waals surface area contributed by atoms with Crippen LogP contribution in [0.4, 0.5) is 5.82 Å². The van der Waals surface area contributed by atoms with Gasteiger partial charge in [-0.3, -0.25) is 0 Å². The molecular formula is C17H20Cl2N4. The number of fused-ring (bicyclic) bond motifs is 1. The van der Waals surface area contributed by atoms with E-state index in [-0.39, 0.29) is 0 Å². The van der Waals surface area contributed by atoms with E-state index in [9.17, 15) is 0 Å². The molecule has 1 aromatic carbocycles. The van der Waals surface area contributed by atoms with Gasteiger partial charge in [0.25, 0.3) is 0 Å². The highest BCUT2D eigenvalue weighted by atomic mass is 35.5. The number of piperidine rings is 1. The molecule has 1 atom stereocenters. The topological polar surface area (TPSA) is 33.1 Å². The van der Waals surface area contributed by atoms with E-state index in [1.165, 1.54) is 30.6 Å². The molecule has 2 aliphatic rings. The molecule has 0 radical (unpaired) electrons. The minimum absolute atomic E-state index is 0.501. The zero-order valence-electron chi connectivity index (χ0n) is 13.1. The van der Waals surface area contributed by atoms with Gasteiger partial charge < -0.3 is 10.2 Å². The van der Waals surface area contributed by atoms with E-state index >= 15 is 0 Å². The van der Waals surface area contributed by atoms with E-state index in [4.69, 9.17) is 28.3 Å². The highest BCUT2D eigenvalue weighted by Crippen LogP contribution is 2.38. The zero-order chi connectivity index (χ0) is 16.0. The van der Waals surface area contributed by atoms with E-state index in [0.29, 0.717) is 16.0 Å². The third-order valence-electron chi connectivity index (χ3n) is 4.85. The first kappa shape index (κ1) is 15.3. The Labute approximate surface area is 146 Å². The predicted octanol–water partition coefficient (Wildman–Crippen LogP) is 3.96. The zero-order valence-corrected chi connectivity index (χ0v) is 14.7. The molecule has 6 heteroatoms. The number of hydrogen-bond acceptors (Lipinski definition) is 3. The number of benzene rings is 1. The quantitative estimate of drug-likeness (QED) is 0.889. The summed E-state index contributed by atoms with van der Waals surface area (Å²) in [7, 11) is 2.19. The number of halogens is 2. The number of nitrogens with one attached hydrogen (secondary N) is 1. The molecule has 1 N–H and O–H groups in total. The van der Waals surface area contributed by atoms with Crippen molar-refractivity contribution in [2.75, 3.05) is 32.0 Å². The van der Waals surface area contributed by atoms with E-state index in [0.717, 1.165) is 31.0 Å². The summed E-state index contributed by atoms with van der Waals surface area (Å²) >= 11 is 12.6. The number of aromatic nitrogens is 2. The van der Waals surface area contributed by atoms with Crippen LogP contribution in [0, 0.1) is 0 Å². The van der Waals surface area contributed by atoms with Crippen molar-refractivity contribution in [3.63, 3.8) is 0 Å². The summed E-state index contributed by atoms with van der Waals surface area (Å²) in [5, 5.41) is 9.53. The van der Waals surface area contributed by atoms with Crippen molar-refractivity contribution in [3.05, 3.63) is 39.5 Å². The van der Waals surface area contributed by atoms with Crippen molar-refractivity contribution >= 4 is 29.0 Å². The third-order valence-corrected chi connectivity index (χ3v) is 5.66. The molecule has 3 heterocycles. The van der Waals surface area contributed by atoms with Crippen LogP contribution in [0.1, 0.15) is 30.0 Å². The van der Waals surface area contributed by atoms with Gasteiger partial charge in [-0.2, -0.15) is 5.10 Å². The molecule has 122 valence electrons. The molecule has 2 aliphatic heterocycles. The number of likely N-dealkylation sites (tertiary alicyclic amines) is 1. The third kappa shape index (κ3) is 2.63. The first-order valence-electron chi connectivity index (χ1n) is 8.13. The summed E-state index contributed by atoms with van der Waals surface area (Å²) in [6.07, 6.45) is 3.47. The smallest absolute Gasteiger partial charge is 0.133 e. The summed E-state index contributed by atoms with van der Waals surface area (Å²) in [5.41, 5.74) is 3.43. The lowest BCUT2D eigenvalue weighted by Crippen LogP contribution is -2.31. The van der Waals surface area contributed by atoms with Crippen molar-refractivity contribution in [2.24, 2.45) is 0 Å². The van der Waals surface area contributed by atoms with Crippen molar-refractivity contribution in [3.8, 4) is 5.69 Å². The maximum absolute atomic E-state index is 6.42. The Bertz CT molecular complexity index is 740. The minimum atomic E-state index is 0.501. The predicted molar refractivity (Wildman–Crippen MR) is 95.2 cm³/mol. The van der Waals surface area contributed by atoms with Crippen LogP contribution in [0.3, 0.4) is 0 Å². The fourth-order valence-corrected chi connectivity index (χ4v) is 4.12. The van der Waals surface area contributed by atoms with Gasteiger partial charge in [0, 0.05) is 24.6 Å². The summed E-state index contributed by atoms with van der Waals surface area (Å²) in [4.78, 5) is 2.40. The summed E-state index contributed by atoms with van der Waals surface area (Å²) in [6.45, 7) is 3.21. The average molecular weight is 351 g/mol. The molecule has 23 heavy (non-hydrogen) atoms. The molecule has 1 fully saturated rings. The lowest BCUT2D eigenvalue weighted by Gasteiger charge is -2.29. The number of anilines is 1. The fraction of sp³-hybridized carbons (Fsp3) is 0.471. The molecule has 1 saturated heterocycles. The Balaban J connectivity index is 1.80. The van der Waals surface area contributed by atoms with Gasteiger partial charge >= 0.3 is 0 Å². The monoisotopic (exact) mass is 350 g/mol. The minimum Gasteiger partial charge on any atom is -0.369 e. The van der Waals surface area contributed by atoms with E-state index in [1.807, 2.05) is 22.9 Å². The van der Waals surface area contributed by atoms with Gasteiger partial charge in [0.2, 0.25) is 0 Å². The first-order chi connectivity index (χ1) is 11.1. The maximum Gasteiger partial charge on any atom is 0.133 e. The molecule has 1 unspecified atom stereocenters. The molecule has 0 bridgehead atoms. The highest BCUT2D eigenvalue weighted by molar-refractivity contribution is 6.43. The molecular weight excluding hydrogens is 331 g/mol. The molecule has 0 aliphatic carbocycles. The summed E-state index contributed by atoms with van der Waals surface area (Å²) in [5.74, 6) is 1.58. The molecule has 4 rings (SSSR count). The SMILES string of the molecule is CN1CCCC(c2nn(-c3cccc(Cl)c3Cl)c3c2CCN3)C1. The van der Waals surface area contributed by atoms with Gasteiger partial charge in [0.1, 0.15) is 5.82 Å². The Morgan fingerprint density at radius 3 is 3.00 bits per heavy atom. The Morgan fingerprint density at radius 2 is 2.17 bits per heavy atom. The number of likely N-dealkylation sites (N-methyl/N-ethyl adjacent to an activating group) is 1. The van der Waals surface area contributed by atoms with Crippen LogP contribution in [-0.4, -0.2) is 41.4 Å². The number of rotatable bonds is 2. The molecule has 2 aromatic rings. The first-order valence-corrected chi connectivity index (χ1v) is 8.89. The van der Waals surface area contributed by atoms with Gasteiger partial charge in [0.05, 0.1) is 21.4 Å². The fourth-order valence-electron chi connectivity index (χ4n) is 3.75. The Kier molecular flexibility index (Phi) is 4.00. The van der Waals surface area contributed by atoms with Crippen molar-refractivity contribution in [1.29, 1.82) is 0 Å². The lowest BCUT2D eigenvalue weighted by atomic mass is 9.92. The van der Waals surface area contributed by atoms with E-state index < -0.39 is 0 Å². The van der Waals surface area contributed by atoms with Gasteiger partial charge in [-0.25, -0.2) is 4.68 Å². The maximum atomic E-state index is 6.42. The van der Waals surface area contributed by atoms with Crippen LogP contribution in [0.15, 0.2) is 18.2 Å². The van der Waals surface area contributed by atoms with E-state index in [1.54, 1.807) is 0 Å².